The molecule has 3 aliphatic rings. The lowest BCUT2D eigenvalue weighted by molar-refractivity contribution is -0.126. The van der Waals surface area contributed by atoms with Crippen molar-refractivity contribution >= 4 is 28.2 Å². The van der Waals surface area contributed by atoms with Gasteiger partial charge in [0.1, 0.15) is 11.1 Å². The fourth-order valence-corrected chi connectivity index (χ4v) is 5.28. The quantitative estimate of drug-likeness (QED) is 0.786. The van der Waals surface area contributed by atoms with E-state index in [1.54, 1.807) is 11.3 Å². The summed E-state index contributed by atoms with van der Waals surface area (Å²) in [7, 11) is 0. The molecule has 0 radical (unpaired) electrons. The van der Waals surface area contributed by atoms with E-state index in [1.165, 1.54) is 4.88 Å². The summed E-state index contributed by atoms with van der Waals surface area (Å²) in [5, 5.41) is 16.2. The minimum Gasteiger partial charge on any atom is -0.353 e. The van der Waals surface area contributed by atoms with E-state index in [0.717, 1.165) is 68.6 Å². The van der Waals surface area contributed by atoms with Gasteiger partial charge in [0.2, 0.25) is 11.8 Å². The zero-order valence-corrected chi connectivity index (χ0v) is 16.4. The molecule has 0 unspecified atom stereocenters. The van der Waals surface area contributed by atoms with Crippen molar-refractivity contribution in [3.8, 4) is 6.07 Å². The molecule has 144 valence electrons. The summed E-state index contributed by atoms with van der Waals surface area (Å²) in [4.78, 5) is 28.0. The number of carbonyl (C=O) groups excluding carboxylic acids is 2. The SMILES string of the molecule is N#Cc1c(NC(=O)CCN2CCC(C(=O)NC3CC3)CC2)sc2c1CCC2. The molecule has 7 heteroatoms. The van der Waals surface area contributed by atoms with Crippen LogP contribution in [0.1, 0.15) is 54.5 Å². The molecule has 2 aliphatic carbocycles. The number of anilines is 1. The van der Waals surface area contributed by atoms with Crippen LogP contribution in [-0.2, 0) is 22.4 Å². The van der Waals surface area contributed by atoms with Crippen LogP contribution in [0.25, 0.3) is 0 Å². The maximum atomic E-state index is 12.3. The first kappa shape index (κ1) is 18.5. The van der Waals surface area contributed by atoms with E-state index in [0.29, 0.717) is 24.6 Å². The minimum atomic E-state index is -0.0278. The summed E-state index contributed by atoms with van der Waals surface area (Å²) in [5.74, 6) is 0.312. The molecule has 2 fully saturated rings. The second-order valence-corrected chi connectivity index (χ2v) is 8.98. The lowest BCUT2D eigenvalue weighted by atomic mass is 9.96. The second-order valence-electron chi connectivity index (χ2n) is 7.87. The number of nitrogens with zero attached hydrogens (tertiary/aromatic N) is 2. The average Bonchev–Trinajstić information content (AvgIpc) is 3.26. The number of aryl methyl sites for hydroxylation is 1. The fraction of sp³-hybridized carbons (Fsp3) is 0.650. The van der Waals surface area contributed by atoms with Crippen molar-refractivity contribution in [1.29, 1.82) is 5.26 Å². The van der Waals surface area contributed by atoms with Gasteiger partial charge in [-0.25, -0.2) is 0 Å². The van der Waals surface area contributed by atoms with Crippen molar-refractivity contribution in [2.75, 3.05) is 25.0 Å². The molecule has 0 atom stereocenters. The Labute approximate surface area is 163 Å². The molecule has 2 amide bonds. The number of rotatable bonds is 6. The van der Waals surface area contributed by atoms with Gasteiger partial charge in [0.05, 0.1) is 5.56 Å². The number of amides is 2. The van der Waals surface area contributed by atoms with Gasteiger partial charge in [-0.3, -0.25) is 9.59 Å². The van der Waals surface area contributed by atoms with Gasteiger partial charge < -0.3 is 15.5 Å². The maximum absolute atomic E-state index is 12.3. The lowest BCUT2D eigenvalue weighted by Crippen LogP contribution is -2.41. The van der Waals surface area contributed by atoms with Crippen LogP contribution < -0.4 is 10.6 Å². The number of hydrogen-bond donors (Lipinski definition) is 2. The van der Waals surface area contributed by atoms with Crippen LogP contribution in [0.5, 0.6) is 0 Å². The normalized spacial score (nSPS) is 20.1. The molecule has 0 spiro atoms. The fourth-order valence-electron chi connectivity index (χ4n) is 4.02. The predicted molar refractivity (Wildman–Crippen MR) is 105 cm³/mol. The van der Waals surface area contributed by atoms with E-state index in [4.69, 9.17) is 0 Å². The molecule has 1 saturated heterocycles. The van der Waals surface area contributed by atoms with Gasteiger partial charge in [0.25, 0.3) is 0 Å². The van der Waals surface area contributed by atoms with Crippen LogP contribution >= 0.6 is 11.3 Å². The Morgan fingerprint density at radius 1 is 1.19 bits per heavy atom. The highest BCUT2D eigenvalue weighted by atomic mass is 32.1. The molecular formula is C20H26N4O2S. The van der Waals surface area contributed by atoms with Gasteiger partial charge >= 0.3 is 0 Å². The number of nitriles is 1. The van der Waals surface area contributed by atoms with Crippen LogP contribution in [0.3, 0.4) is 0 Å². The topological polar surface area (TPSA) is 85.2 Å². The molecule has 2 heterocycles. The second kappa shape index (κ2) is 7.99. The minimum absolute atomic E-state index is 0.0278. The highest BCUT2D eigenvalue weighted by molar-refractivity contribution is 7.16. The zero-order valence-electron chi connectivity index (χ0n) is 15.6. The molecule has 2 N–H and O–H groups in total. The van der Waals surface area contributed by atoms with E-state index in [-0.39, 0.29) is 17.7 Å². The summed E-state index contributed by atoms with van der Waals surface area (Å²) in [6.07, 6.45) is 7.50. The molecule has 4 rings (SSSR count). The summed E-state index contributed by atoms with van der Waals surface area (Å²) in [6, 6.07) is 2.69. The van der Waals surface area contributed by atoms with E-state index in [1.807, 2.05) is 0 Å². The summed E-state index contributed by atoms with van der Waals surface area (Å²) in [5.41, 5.74) is 1.81. The molecule has 1 aliphatic heterocycles. The first-order valence-corrected chi connectivity index (χ1v) is 10.8. The van der Waals surface area contributed by atoms with Gasteiger partial charge in [-0.1, -0.05) is 0 Å². The van der Waals surface area contributed by atoms with E-state index < -0.39 is 0 Å². The van der Waals surface area contributed by atoms with Crippen LogP contribution in [0.4, 0.5) is 5.00 Å². The van der Waals surface area contributed by atoms with Gasteiger partial charge in [0.15, 0.2) is 0 Å². The van der Waals surface area contributed by atoms with Gasteiger partial charge in [0, 0.05) is 29.8 Å². The standard InChI is InChI=1S/C20H26N4O2S/c21-12-16-15-2-1-3-17(15)27-20(16)23-18(25)8-11-24-9-6-13(7-10-24)19(26)22-14-4-5-14/h13-14H,1-11H2,(H,22,26)(H,23,25). The van der Waals surface area contributed by atoms with E-state index in [9.17, 15) is 14.9 Å². The van der Waals surface area contributed by atoms with Crippen LogP contribution in [-0.4, -0.2) is 42.4 Å². The third kappa shape index (κ3) is 4.33. The summed E-state index contributed by atoms with van der Waals surface area (Å²) >= 11 is 1.56. The highest BCUT2D eigenvalue weighted by Gasteiger charge is 2.30. The Morgan fingerprint density at radius 2 is 1.96 bits per heavy atom. The Hall–Kier alpha value is -1.91. The molecule has 0 aromatic carbocycles. The molecule has 0 bridgehead atoms. The Bertz CT molecular complexity index is 770. The molecule has 27 heavy (non-hydrogen) atoms. The smallest absolute Gasteiger partial charge is 0.226 e. The van der Waals surface area contributed by atoms with Gasteiger partial charge in [-0.15, -0.1) is 11.3 Å². The molecule has 1 aromatic rings. The van der Waals surface area contributed by atoms with Crippen molar-refractivity contribution in [3.05, 3.63) is 16.0 Å². The van der Waals surface area contributed by atoms with Gasteiger partial charge in [-0.2, -0.15) is 5.26 Å². The number of thiophene rings is 1. The monoisotopic (exact) mass is 386 g/mol. The van der Waals surface area contributed by atoms with Crippen molar-refractivity contribution < 1.29 is 9.59 Å². The average molecular weight is 387 g/mol. The molecule has 6 nitrogen and oxygen atoms in total. The number of hydrogen-bond acceptors (Lipinski definition) is 5. The summed E-state index contributed by atoms with van der Waals surface area (Å²) in [6.45, 7) is 2.44. The Kier molecular flexibility index (Phi) is 5.46. The number of piperidine rings is 1. The van der Waals surface area contributed by atoms with Crippen molar-refractivity contribution in [1.82, 2.24) is 10.2 Å². The molecule has 1 aromatic heterocycles. The lowest BCUT2D eigenvalue weighted by Gasteiger charge is -2.31. The Morgan fingerprint density at radius 3 is 2.67 bits per heavy atom. The molecule has 1 saturated carbocycles. The third-order valence-electron chi connectivity index (χ3n) is 5.82. The van der Waals surface area contributed by atoms with Crippen molar-refractivity contribution in [2.45, 2.75) is 57.4 Å². The van der Waals surface area contributed by atoms with Crippen molar-refractivity contribution in [3.63, 3.8) is 0 Å². The van der Waals surface area contributed by atoms with E-state index in [2.05, 4.69) is 21.6 Å². The zero-order chi connectivity index (χ0) is 18.8. The number of nitrogens with one attached hydrogen (secondary N) is 2. The third-order valence-corrected chi connectivity index (χ3v) is 7.03. The highest BCUT2D eigenvalue weighted by Crippen LogP contribution is 2.38. The molecular weight excluding hydrogens is 360 g/mol. The first-order chi connectivity index (χ1) is 13.1. The number of fused-ring (bicyclic) bond motifs is 1. The maximum Gasteiger partial charge on any atom is 0.226 e. The largest absolute Gasteiger partial charge is 0.353 e. The van der Waals surface area contributed by atoms with Crippen LogP contribution in [0, 0.1) is 17.2 Å². The first-order valence-electron chi connectivity index (χ1n) is 10.0. The van der Waals surface area contributed by atoms with Crippen LogP contribution in [0.15, 0.2) is 0 Å². The number of likely N-dealkylation sites (tertiary alicyclic amines) is 1. The number of carbonyl (C=O) groups is 2. The predicted octanol–water partition coefficient (Wildman–Crippen LogP) is 2.43. The van der Waals surface area contributed by atoms with E-state index >= 15 is 0 Å². The van der Waals surface area contributed by atoms with Gasteiger partial charge in [-0.05, 0) is 63.6 Å². The Balaban J connectivity index is 1.21. The van der Waals surface area contributed by atoms with Crippen molar-refractivity contribution in [2.24, 2.45) is 5.92 Å². The summed E-state index contributed by atoms with van der Waals surface area (Å²) < 4.78 is 0. The van der Waals surface area contributed by atoms with Crippen LogP contribution in [0.2, 0.25) is 0 Å².